The Morgan fingerprint density at radius 3 is 2.65 bits per heavy atom. The van der Waals surface area contributed by atoms with Crippen LogP contribution in [0, 0.1) is 0 Å². The average Bonchev–Trinajstić information content (AvgIpc) is 2.77. The van der Waals surface area contributed by atoms with Gasteiger partial charge in [-0.05, 0) is 38.1 Å². The number of hydrogen-bond donors (Lipinski definition) is 0. The number of aromatic nitrogens is 2. The number of amides is 1. The van der Waals surface area contributed by atoms with Gasteiger partial charge in [0.15, 0.2) is 5.16 Å². The normalized spacial score (nSPS) is 18.9. The van der Waals surface area contributed by atoms with Crippen LogP contribution in [0.3, 0.4) is 0 Å². The highest BCUT2D eigenvalue weighted by Crippen LogP contribution is 2.24. The number of carbonyl (C=O) groups is 1. The molecule has 2 atom stereocenters. The lowest BCUT2D eigenvalue weighted by Gasteiger charge is -2.35. The zero-order chi connectivity index (χ0) is 22.0. The van der Waals surface area contributed by atoms with Crippen LogP contribution >= 0.6 is 11.8 Å². The second-order valence-corrected chi connectivity index (χ2v) is 8.54. The highest BCUT2D eigenvalue weighted by Gasteiger charge is 2.26. The summed E-state index contributed by atoms with van der Waals surface area (Å²) in [6.07, 6.45) is 0.0120. The summed E-state index contributed by atoms with van der Waals surface area (Å²) >= 11 is 1.27. The van der Waals surface area contributed by atoms with Crippen molar-refractivity contribution in [3.8, 4) is 11.4 Å². The summed E-state index contributed by atoms with van der Waals surface area (Å²) in [6.45, 7) is 5.07. The Kier molecular flexibility index (Phi) is 6.29. The van der Waals surface area contributed by atoms with Gasteiger partial charge in [-0.25, -0.2) is 4.98 Å². The van der Waals surface area contributed by atoms with Crippen LogP contribution in [0.4, 0.5) is 0 Å². The van der Waals surface area contributed by atoms with Crippen molar-refractivity contribution in [2.24, 2.45) is 0 Å². The third-order valence-corrected chi connectivity index (χ3v) is 6.08. The summed E-state index contributed by atoms with van der Waals surface area (Å²) in [4.78, 5) is 32.7. The summed E-state index contributed by atoms with van der Waals surface area (Å²) in [7, 11) is 1.58. The second-order valence-electron chi connectivity index (χ2n) is 7.60. The number of para-hydroxylation sites is 1. The molecular formula is C23H25N3O4S. The van der Waals surface area contributed by atoms with E-state index in [9.17, 15) is 9.59 Å². The van der Waals surface area contributed by atoms with Crippen LogP contribution < -0.4 is 10.3 Å². The monoisotopic (exact) mass is 439 g/mol. The Morgan fingerprint density at radius 2 is 1.90 bits per heavy atom. The molecule has 1 aromatic heterocycles. The van der Waals surface area contributed by atoms with Crippen molar-refractivity contribution < 1.29 is 14.3 Å². The summed E-state index contributed by atoms with van der Waals surface area (Å²) in [5.74, 6) is 0.834. The lowest BCUT2D eigenvalue weighted by atomic mass is 10.2. The Bertz CT molecular complexity index is 1150. The molecule has 0 bridgehead atoms. The molecule has 162 valence electrons. The van der Waals surface area contributed by atoms with Crippen molar-refractivity contribution in [1.29, 1.82) is 0 Å². The van der Waals surface area contributed by atoms with Gasteiger partial charge in [-0.2, -0.15) is 0 Å². The summed E-state index contributed by atoms with van der Waals surface area (Å²) < 4.78 is 12.6. The maximum Gasteiger partial charge on any atom is 0.266 e. The van der Waals surface area contributed by atoms with E-state index in [-0.39, 0.29) is 29.4 Å². The first-order valence-corrected chi connectivity index (χ1v) is 11.2. The first kappa shape index (κ1) is 21.4. The molecule has 8 heteroatoms. The summed E-state index contributed by atoms with van der Waals surface area (Å²) in [5, 5.41) is 0.997. The molecule has 1 aliphatic rings. The number of carbonyl (C=O) groups excluding carboxylic acids is 1. The Morgan fingerprint density at radius 1 is 1.16 bits per heavy atom. The van der Waals surface area contributed by atoms with E-state index >= 15 is 0 Å². The molecule has 1 saturated heterocycles. The fraction of sp³-hybridized carbons (Fsp3) is 0.348. The van der Waals surface area contributed by atoms with E-state index in [0.717, 1.165) is 0 Å². The van der Waals surface area contributed by atoms with Crippen molar-refractivity contribution >= 4 is 28.6 Å². The highest BCUT2D eigenvalue weighted by molar-refractivity contribution is 7.99. The quantitative estimate of drug-likeness (QED) is 0.449. The molecule has 0 radical (unpaired) electrons. The number of morpholine rings is 1. The van der Waals surface area contributed by atoms with Crippen molar-refractivity contribution in [3.63, 3.8) is 0 Å². The van der Waals surface area contributed by atoms with Crippen LogP contribution in [0.25, 0.3) is 16.6 Å². The van der Waals surface area contributed by atoms with Crippen LogP contribution in [0.15, 0.2) is 58.5 Å². The third-order valence-electron chi connectivity index (χ3n) is 5.15. The predicted octanol–water partition coefficient (Wildman–Crippen LogP) is 3.12. The number of hydrogen-bond acceptors (Lipinski definition) is 6. The molecule has 1 fully saturated rings. The molecule has 4 rings (SSSR count). The van der Waals surface area contributed by atoms with Gasteiger partial charge in [0.2, 0.25) is 5.91 Å². The largest absolute Gasteiger partial charge is 0.497 e. The maximum atomic E-state index is 13.3. The maximum absolute atomic E-state index is 13.3. The smallest absolute Gasteiger partial charge is 0.266 e. The van der Waals surface area contributed by atoms with Crippen molar-refractivity contribution in [1.82, 2.24) is 14.5 Å². The second kappa shape index (κ2) is 9.11. The summed E-state index contributed by atoms with van der Waals surface area (Å²) in [5.41, 5.74) is 1.07. The molecule has 2 heterocycles. The SMILES string of the molecule is COc1cccc(-n2c(SCC(=O)N3C[C@@H](C)O[C@H](C)C3)nc3ccccc3c2=O)c1. The first-order valence-electron chi connectivity index (χ1n) is 10.2. The van der Waals surface area contributed by atoms with Gasteiger partial charge in [-0.1, -0.05) is 30.0 Å². The van der Waals surface area contributed by atoms with Gasteiger partial charge < -0.3 is 14.4 Å². The molecule has 0 aliphatic carbocycles. The van der Waals surface area contributed by atoms with Crippen LogP contribution in [0.5, 0.6) is 5.75 Å². The molecule has 1 aliphatic heterocycles. The van der Waals surface area contributed by atoms with E-state index in [4.69, 9.17) is 14.5 Å². The number of benzene rings is 2. The third kappa shape index (κ3) is 4.60. The average molecular weight is 440 g/mol. The van der Waals surface area contributed by atoms with Gasteiger partial charge in [0.25, 0.3) is 5.56 Å². The predicted molar refractivity (Wildman–Crippen MR) is 121 cm³/mol. The molecule has 0 unspecified atom stereocenters. The van der Waals surface area contributed by atoms with E-state index in [1.807, 2.05) is 55.1 Å². The van der Waals surface area contributed by atoms with E-state index in [1.165, 1.54) is 11.8 Å². The number of methoxy groups -OCH3 is 1. The minimum Gasteiger partial charge on any atom is -0.497 e. The first-order chi connectivity index (χ1) is 15.0. The van der Waals surface area contributed by atoms with Gasteiger partial charge >= 0.3 is 0 Å². The molecule has 3 aromatic rings. The van der Waals surface area contributed by atoms with Gasteiger partial charge in [0.05, 0.1) is 41.7 Å². The van der Waals surface area contributed by atoms with Crippen LogP contribution in [-0.4, -0.2) is 58.5 Å². The molecule has 0 N–H and O–H groups in total. The van der Waals surface area contributed by atoms with E-state index in [2.05, 4.69) is 0 Å². The fourth-order valence-corrected chi connectivity index (χ4v) is 4.70. The Hall–Kier alpha value is -2.84. The van der Waals surface area contributed by atoms with Crippen molar-refractivity contribution in [2.75, 3.05) is 26.0 Å². The number of thioether (sulfide) groups is 1. The summed E-state index contributed by atoms with van der Waals surface area (Å²) in [6, 6.07) is 14.5. The van der Waals surface area contributed by atoms with Gasteiger partial charge in [0.1, 0.15) is 5.75 Å². The van der Waals surface area contributed by atoms with Crippen LogP contribution in [0.1, 0.15) is 13.8 Å². The van der Waals surface area contributed by atoms with Gasteiger partial charge in [-0.15, -0.1) is 0 Å². The van der Waals surface area contributed by atoms with Crippen LogP contribution in [-0.2, 0) is 9.53 Å². The molecule has 0 saturated carbocycles. The van der Waals surface area contributed by atoms with E-state index < -0.39 is 0 Å². The molecule has 7 nitrogen and oxygen atoms in total. The number of ether oxygens (including phenoxy) is 2. The molecule has 1 amide bonds. The van der Waals surface area contributed by atoms with Gasteiger partial charge in [-0.3, -0.25) is 14.2 Å². The van der Waals surface area contributed by atoms with Crippen molar-refractivity contribution in [2.45, 2.75) is 31.2 Å². The number of fused-ring (bicyclic) bond motifs is 1. The standard InChI is InChI=1S/C23H25N3O4S/c1-15-12-25(13-16(2)30-15)21(27)14-31-23-24-20-10-5-4-9-19(20)22(28)26(23)17-7-6-8-18(11-17)29-3/h4-11,15-16H,12-14H2,1-3H3/t15-,16-/m1/s1. The molecule has 31 heavy (non-hydrogen) atoms. The Balaban J connectivity index is 1.69. The Labute approximate surface area is 185 Å². The zero-order valence-electron chi connectivity index (χ0n) is 17.8. The number of nitrogens with zero attached hydrogens (tertiary/aromatic N) is 3. The van der Waals surface area contributed by atoms with Gasteiger partial charge in [0, 0.05) is 19.2 Å². The topological polar surface area (TPSA) is 73.7 Å². The van der Waals surface area contributed by atoms with Crippen molar-refractivity contribution in [3.05, 3.63) is 58.9 Å². The minimum atomic E-state index is -0.178. The van der Waals surface area contributed by atoms with E-state index in [0.29, 0.717) is 40.6 Å². The molecule has 0 spiro atoms. The fourth-order valence-electron chi connectivity index (χ4n) is 3.79. The molecule has 2 aromatic carbocycles. The lowest BCUT2D eigenvalue weighted by molar-refractivity contribution is -0.140. The highest BCUT2D eigenvalue weighted by atomic mass is 32.2. The minimum absolute atomic E-state index is 0.00598. The van der Waals surface area contributed by atoms with Crippen LogP contribution in [0.2, 0.25) is 0 Å². The lowest BCUT2D eigenvalue weighted by Crippen LogP contribution is -2.48. The molecular weight excluding hydrogens is 414 g/mol. The zero-order valence-corrected chi connectivity index (χ0v) is 18.6. The van der Waals surface area contributed by atoms with E-state index in [1.54, 1.807) is 23.8 Å². The number of rotatable bonds is 5.